The number of aryl methyl sites for hydroxylation is 1. The first-order chi connectivity index (χ1) is 7.59. The average molecular weight is 260 g/mol. The van der Waals surface area contributed by atoms with Crippen molar-refractivity contribution in [3.8, 4) is 0 Å². The zero-order chi connectivity index (χ0) is 11.7. The van der Waals surface area contributed by atoms with Gasteiger partial charge < -0.3 is 4.98 Å². The summed E-state index contributed by atoms with van der Waals surface area (Å²) in [5.41, 5.74) is -0.479. The third-order valence-corrected chi connectivity index (χ3v) is 5.60. The van der Waals surface area contributed by atoms with E-state index in [0.717, 1.165) is 11.5 Å². The van der Waals surface area contributed by atoms with Gasteiger partial charge in [-0.2, -0.15) is 16.2 Å². The van der Waals surface area contributed by atoms with Gasteiger partial charge in [0.1, 0.15) is 5.82 Å². The first-order valence-electron chi connectivity index (χ1n) is 5.09. The van der Waals surface area contributed by atoms with Crippen molar-refractivity contribution in [1.29, 1.82) is 0 Å². The van der Waals surface area contributed by atoms with E-state index >= 15 is 0 Å². The van der Waals surface area contributed by atoms with Crippen molar-refractivity contribution in [3.05, 3.63) is 27.7 Å². The molecule has 0 amide bonds. The Morgan fingerprint density at radius 1 is 1.44 bits per heavy atom. The molecule has 1 fully saturated rings. The number of thioether (sulfide) groups is 2. The maximum atomic E-state index is 13.2. The second-order valence-corrected chi connectivity index (χ2v) is 6.45. The number of nitrogens with zero attached hydrogens (tertiary/aromatic N) is 1. The molecule has 1 aromatic rings. The molecule has 1 aliphatic heterocycles. The molecule has 0 saturated carbocycles. The van der Waals surface area contributed by atoms with Gasteiger partial charge in [0.25, 0.3) is 5.56 Å². The van der Waals surface area contributed by atoms with Crippen LogP contribution in [0, 0.1) is 12.7 Å². The molecule has 0 radical (unpaired) electrons. The van der Waals surface area contributed by atoms with Gasteiger partial charge >= 0.3 is 0 Å². The number of rotatable bonds is 1. The molecule has 3 nitrogen and oxygen atoms in total. The van der Waals surface area contributed by atoms with Crippen LogP contribution in [-0.4, -0.2) is 26.7 Å². The van der Waals surface area contributed by atoms with Crippen LogP contribution in [-0.2, 0) is 0 Å². The normalized spacial score (nSPS) is 25.7. The Hall–Kier alpha value is -0.490. The zero-order valence-electron chi connectivity index (χ0n) is 9.12. The molecule has 1 aromatic heterocycles. The highest BCUT2D eigenvalue weighted by molar-refractivity contribution is 8.06. The summed E-state index contributed by atoms with van der Waals surface area (Å²) in [6, 6.07) is 0. The van der Waals surface area contributed by atoms with Gasteiger partial charge in [0, 0.05) is 16.8 Å². The minimum Gasteiger partial charge on any atom is -0.307 e. The van der Waals surface area contributed by atoms with Gasteiger partial charge in [-0.3, -0.25) is 4.79 Å². The highest BCUT2D eigenvalue weighted by Crippen LogP contribution is 2.40. The summed E-state index contributed by atoms with van der Waals surface area (Å²) < 4.78 is 13.2. The van der Waals surface area contributed by atoms with E-state index < -0.39 is 11.4 Å². The Labute approximate surface area is 102 Å². The van der Waals surface area contributed by atoms with Crippen LogP contribution in [0.4, 0.5) is 4.39 Å². The topological polar surface area (TPSA) is 45.8 Å². The molecular formula is C10H13FN2OS2. The van der Waals surface area contributed by atoms with Crippen LogP contribution in [0.2, 0.25) is 0 Å². The minimum absolute atomic E-state index is 0.158. The fourth-order valence-corrected chi connectivity index (χ4v) is 4.37. The Kier molecular flexibility index (Phi) is 3.59. The molecule has 16 heavy (non-hydrogen) atoms. The fraction of sp³-hybridized carbons (Fsp3) is 0.600. The lowest BCUT2D eigenvalue weighted by atomic mass is 10.3. The molecule has 0 spiro atoms. The Bertz CT molecular complexity index is 449. The Balaban J connectivity index is 2.36. The van der Waals surface area contributed by atoms with Crippen molar-refractivity contribution in [1.82, 2.24) is 9.97 Å². The quantitative estimate of drug-likeness (QED) is 0.840. The van der Waals surface area contributed by atoms with E-state index in [2.05, 4.69) is 16.9 Å². The van der Waals surface area contributed by atoms with Gasteiger partial charge in [0.2, 0.25) is 5.82 Å². The number of hydrogen-bond donors (Lipinski definition) is 1. The van der Waals surface area contributed by atoms with Crippen LogP contribution in [0.15, 0.2) is 4.79 Å². The third kappa shape index (κ3) is 2.27. The van der Waals surface area contributed by atoms with Gasteiger partial charge in [0.05, 0.1) is 10.9 Å². The first kappa shape index (κ1) is 12.0. The monoisotopic (exact) mass is 260 g/mol. The molecule has 2 unspecified atom stereocenters. The second-order valence-electron chi connectivity index (χ2n) is 3.72. The van der Waals surface area contributed by atoms with Crippen molar-refractivity contribution in [2.24, 2.45) is 0 Å². The van der Waals surface area contributed by atoms with Crippen LogP contribution in [0.25, 0.3) is 0 Å². The van der Waals surface area contributed by atoms with Crippen molar-refractivity contribution in [2.75, 3.05) is 11.5 Å². The molecule has 2 heterocycles. The molecule has 1 N–H and O–H groups in total. The van der Waals surface area contributed by atoms with Crippen LogP contribution in [0.1, 0.15) is 23.7 Å². The minimum atomic E-state index is -0.773. The molecular weight excluding hydrogens is 247 g/mol. The standard InChI is InChI=1S/C10H13FN2OS2/c1-5-7(11)10(14)13-9(12-5)8-6(2)15-3-4-16-8/h6,8H,3-4H2,1-2H3,(H,12,13,14). The number of hydrogen-bond acceptors (Lipinski definition) is 4. The maximum absolute atomic E-state index is 13.2. The van der Waals surface area contributed by atoms with Gasteiger partial charge in [0.15, 0.2) is 0 Å². The second kappa shape index (κ2) is 4.79. The molecule has 1 aliphatic rings. The summed E-state index contributed by atoms with van der Waals surface area (Å²) in [4.78, 5) is 18.0. The predicted octanol–water partition coefficient (Wildman–Crippen LogP) is 2.13. The van der Waals surface area contributed by atoms with Crippen molar-refractivity contribution in [3.63, 3.8) is 0 Å². The molecule has 1 saturated heterocycles. The van der Waals surface area contributed by atoms with Gasteiger partial charge in [-0.15, -0.1) is 11.8 Å². The first-order valence-corrected chi connectivity index (χ1v) is 7.19. The van der Waals surface area contributed by atoms with Gasteiger partial charge in [-0.1, -0.05) is 6.92 Å². The molecule has 0 bridgehead atoms. The van der Waals surface area contributed by atoms with E-state index in [1.165, 1.54) is 6.92 Å². The summed E-state index contributed by atoms with van der Waals surface area (Å²) >= 11 is 3.63. The highest BCUT2D eigenvalue weighted by Gasteiger charge is 2.26. The zero-order valence-corrected chi connectivity index (χ0v) is 10.8. The molecule has 0 aliphatic carbocycles. The van der Waals surface area contributed by atoms with Crippen LogP contribution >= 0.6 is 23.5 Å². The average Bonchev–Trinajstić information content (AvgIpc) is 2.26. The largest absolute Gasteiger partial charge is 0.307 e. The highest BCUT2D eigenvalue weighted by atomic mass is 32.2. The summed E-state index contributed by atoms with van der Waals surface area (Å²) in [5.74, 6) is 1.99. The number of nitrogens with one attached hydrogen (secondary N) is 1. The van der Waals surface area contributed by atoms with E-state index in [0.29, 0.717) is 11.1 Å². The number of aromatic nitrogens is 2. The summed E-state index contributed by atoms with van der Waals surface area (Å²) in [5, 5.41) is 0.553. The molecule has 88 valence electrons. The Morgan fingerprint density at radius 2 is 2.12 bits per heavy atom. The van der Waals surface area contributed by atoms with Gasteiger partial charge in [-0.25, -0.2) is 4.98 Å². The van der Waals surface area contributed by atoms with Crippen molar-refractivity contribution < 1.29 is 4.39 Å². The lowest BCUT2D eigenvalue weighted by molar-refractivity contribution is 0.580. The van der Waals surface area contributed by atoms with E-state index in [-0.39, 0.29) is 10.9 Å². The van der Waals surface area contributed by atoms with Crippen molar-refractivity contribution in [2.45, 2.75) is 24.3 Å². The SMILES string of the molecule is Cc1nc(C2SCCSC2C)[nH]c(=O)c1F. The van der Waals surface area contributed by atoms with Crippen LogP contribution < -0.4 is 5.56 Å². The number of halogens is 1. The lowest BCUT2D eigenvalue weighted by Gasteiger charge is -2.26. The maximum Gasteiger partial charge on any atom is 0.287 e. The van der Waals surface area contributed by atoms with Crippen molar-refractivity contribution >= 4 is 23.5 Å². The van der Waals surface area contributed by atoms with E-state index in [9.17, 15) is 9.18 Å². The van der Waals surface area contributed by atoms with E-state index in [1.807, 2.05) is 11.8 Å². The number of H-pyrrole nitrogens is 1. The van der Waals surface area contributed by atoms with Crippen LogP contribution in [0.3, 0.4) is 0 Å². The van der Waals surface area contributed by atoms with E-state index in [1.54, 1.807) is 11.8 Å². The molecule has 2 rings (SSSR count). The fourth-order valence-electron chi connectivity index (χ4n) is 1.66. The third-order valence-electron chi connectivity index (χ3n) is 2.50. The lowest BCUT2D eigenvalue weighted by Crippen LogP contribution is -2.24. The van der Waals surface area contributed by atoms with Gasteiger partial charge in [-0.05, 0) is 6.92 Å². The summed E-state index contributed by atoms with van der Waals surface area (Å²) in [6.07, 6.45) is 0. The summed E-state index contributed by atoms with van der Waals surface area (Å²) in [7, 11) is 0. The van der Waals surface area contributed by atoms with Crippen LogP contribution in [0.5, 0.6) is 0 Å². The van der Waals surface area contributed by atoms with E-state index in [4.69, 9.17) is 0 Å². The Morgan fingerprint density at radius 3 is 2.75 bits per heavy atom. The predicted molar refractivity (Wildman–Crippen MR) is 66.7 cm³/mol. The number of aromatic amines is 1. The smallest absolute Gasteiger partial charge is 0.287 e. The summed E-state index contributed by atoms with van der Waals surface area (Å²) in [6.45, 7) is 3.64. The molecule has 0 aromatic carbocycles. The molecule has 6 heteroatoms. The molecule has 2 atom stereocenters.